The van der Waals surface area contributed by atoms with Gasteiger partial charge in [-0.15, -0.1) is 0 Å². The molecule has 8 heteroatoms. The molecule has 29 heavy (non-hydrogen) atoms. The molecule has 0 radical (unpaired) electrons. The van der Waals surface area contributed by atoms with Crippen molar-refractivity contribution in [1.82, 2.24) is 9.88 Å². The zero-order valence-corrected chi connectivity index (χ0v) is 16.5. The molecule has 1 N–H and O–H groups in total. The molecule has 0 saturated heterocycles. The van der Waals surface area contributed by atoms with Crippen LogP contribution in [0, 0.1) is 31.0 Å². The normalized spacial score (nSPS) is 10.3. The lowest BCUT2D eigenvalue weighted by molar-refractivity contribution is -0.151. The lowest BCUT2D eigenvalue weighted by Crippen LogP contribution is -2.31. The number of aromatic amines is 1. The summed E-state index contributed by atoms with van der Waals surface area (Å²) in [6.45, 7) is 3.13. The number of nitriles is 1. The number of aryl methyl sites for hydroxylation is 1. The fraction of sp³-hybridized carbons (Fsp3) is 0.333. The van der Waals surface area contributed by atoms with Gasteiger partial charge in [-0.2, -0.15) is 5.26 Å². The molecule has 1 aromatic heterocycles. The van der Waals surface area contributed by atoms with Gasteiger partial charge in [0.05, 0.1) is 0 Å². The number of rotatable bonds is 7. The number of hydrogen-bond donors (Lipinski definition) is 1. The smallest absolute Gasteiger partial charge is 0.306 e. The van der Waals surface area contributed by atoms with Gasteiger partial charge in [0.1, 0.15) is 17.4 Å². The number of carbonyl (C=O) groups is 2. The third kappa shape index (κ3) is 5.75. The summed E-state index contributed by atoms with van der Waals surface area (Å²) < 4.78 is 18.2. The molecular formula is C21H22FN3O4. The first kappa shape index (κ1) is 21.8. The summed E-state index contributed by atoms with van der Waals surface area (Å²) in [6.07, 6.45) is 0.273. The monoisotopic (exact) mass is 399 g/mol. The molecule has 0 fully saturated rings. The topological polar surface area (TPSA) is 103 Å². The fourth-order valence-electron chi connectivity index (χ4n) is 2.97. The van der Waals surface area contributed by atoms with Crippen LogP contribution in [0.3, 0.4) is 0 Å². The number of amides is 1. The maximum atomic E-state index is 13.2. The predicted octanol–water partition coefficient (Wildman–Crippen LogP) is 2.14. The van der Waals surface area contributed by atoms with Crippen molar-refractivity contribution in [2.75, 3.05) is 13.7 Å². The van der Waals surface area contributed by atoms with Crippen LogP contribution in [0.5, 0.6) is 0 Å². The summed E-state index contributed by atoms with van der Waals surface area (Å²) in [5, 5.41) is 9.09. The largest absolute Gasteiger partial charge is 0.456 e. The van der Waals surface area contributed by atoms with Crippen molar-refractivity contribution in [3.05, 3.63) is 68.4 Å². The van der Waals surface area contributed by atoms with Gasteiger partial charge in [0.2, 0.25) is 0 Å². The number of aromatic nitrogens is 1. The standard InChI is InChI=1S/C21H22FN3O4/c1-13-17(14(2)24-21(28)18(13)10-23)7-8-20(27)29-12-19(26)25(3)11-15-5-4-6-16(22)9-15/h4-6,9H,7-8,11-12H2,1-3H3,(H,24,28). The van der Waals surface area contributed by atoms with Crippen molar-refractivity contribution in [1.29, 1.82) is 5.26 Å². The van der Waals surface area contributed by atoms with Crippen LogP contribution in [0.4, 0.5) is 4.39 Å². The van der Waals surface area contributed by atoms with E-state index in [4.69, 9.17) is 10.00 Å². The molecule has 0 saturated carbocycles. The number of hydrogen-bond acceptors (Lipinski definition) is 5. The predicted molar refractivity (Wildman–Crippen MR) is 103 cm³/mol. The minimum Gasteiger partial charge on any atom is -0.456 e. The minimum atomic E-state index is -0.569. The zero-order valence-electron chi connectivity index (χ0n) is 16.5. The Hall–Kier alpha value is -3.47. The molecule has 1 aromatic carbocycles. The van der Waals surface area contributed by atoms with Crippen LogP contribution in [0.2, 0.25) is 0 Å². The van der Waals surface area contributed by atoms with Crippen molar-refractivity contribution in [2.45, 2.75) is 33.2 Å². The number of benzene rings is 1. The Morgan fingerprint density at radius 1 is 1.31 bits per heavy atom. The van der Waals surface area contributed by atoms with Crippen molar-refractivity contribution < 1.29 is 18.7 Å². The molecule has 0 aliphatic rings. The highest BCUT2D eigenvalue weighted by Crippen LogP contribution is 2.15. The second-order valence-corrected chi connectivity index (χ2v) is 6.71. The number of ether oxygens (including phenoxy) is 1. The van der Waals surface area contributed by atoms with Gasteiger partial charge in [0.25, 0.3) is 11.5 Å². The number of carbonyl (C=O) groups excluding carboxylic acids is 2. The van der Waals surface area contributed by atoms with Gasteiger partial charge in [0.15, 0.2) is 6.61 Å². The molecule has 2 rings (SSSR count). The third-order valence-corrected chi connectivity index (χ3v) is 4.59. The van der Waals surface area contributed by atoms with E-state index in [1.807, 2.05) is 6.07 Å². The lowest BCUT2D eigenvalue weighted by Gasteiger charge is -2.17. The number of halogens is 1. The Labute approximate surface area is 167 Å². The average molecular weight is 399 g/mol. The van der Waals surface area contributed by atoms with E-state index in [-0.39, 0.29) is 30.8 Å². The van der Waals surface area contributed by atoms with Crippen molar-refractivity contribution >= 4 is 11.9 Å². The Kier molecular flexibility index (Phi) is 7.26. The summed E-state index contributed by atoms with van der Waals surface area (Å²) in [6, 6.07) is 7.77. The van der Waals surface area contributed by atoms with E-state index in [9.17, 15) is 18.8 Å². The van der Waals surface area contributed by atoms with E-state index < -0.39 is 24.0 Å². The SMILES string of the molecule is Cc1[nH]c(=O)c(C#N)c(C)c1CCC(=O)OCC(=O)N(C)Cc1cccc(F)c1. The molecule has 0 aliphatic heterocycles. The fourth-order valence-corrected chi connectivity index (χ4v) is 2.97. The van der Waals surface area contributed by atoms with Crippen molar-refractivity contribution in [3.8, 4) is 6.07 Å². The first-order valence-electron chi connectivity index (χ1n) is 8.99. The van der Waals surface area contributed by atoms with Gasteiger partial charge in [-0.25, -0.2) is 4.39 Å². The summed E-state index contributed by atoms with van der Waals surface area (Å²) in [4.78, 5) is 39.8. The first-order chi connectivity index (χ1) is 13.7. The van der Waals surface area contributed by atoms with Gasteiger partial charge >= 0.3 is 5.97 Å². The number of pyridine rings is 1. The average Bonchev–Trinajstić information content (AvgIpc) is 2.65. The van der Waals surface area contributed by atoms with Crippen LogP contribution >= 0.6 is 0 Å². The molecule has 0 aliphatic carbocycles. The molecule has 2 aromatic rings. The summed E-state index contributed by atoms with van der Waals surface area (Å²) in [5.41, 5.74) is 2.02. The van der Waals surface area contributed by atoms with E-state index in [0.29, 0.717) is 22.4 Å². The Morgan fingerprint density at radius 3 is 2.69 bits per heavy atom. The molecule has 1 amide bonds. The van der Waals surface area contributed by atoms with Gasteiger partial charge in [0, 0.05) is 25.7 Å². The quantitative estimate of drug-likeness (QED) is 0.719. The highest BCUT2D eigenvalue weighted by molar-refractivity contribution is 5.80. The van der Waals surface area contributed by atoms with E-state index in [1.54, 1.807) is 26.0 Å². The van der Waals surface area contributed by atoms with Gasteiger partial charge in [-0.05, 0) is 49.1 Å². The van der Waals surface area contributed by atoms with Crippen LogP contribution in [0.1, 0.15) is 34.4 Å². The number of esters is 1. The van der Waals surface area contributed by atoms with Crippen LogP contribution in [0.25, 0.3) is 0 Å². The van der Waals surface area contributed by atoms with Gasteiger partial charge in [-0.1, -0.05) is 12.1 Å². The van der Waals surface area contributed by atoms with Crippen LogP contribution in [-0.2, 0) is 27.3 Å². The Bertz CT molecular complexity index is 1020. The van der Waals surface area contributed by atoms with Crippen molar-refractivity contribution in [2.24, 2.45) is 0 Å². The van der Waals surface area contributed by atoms with E-state index in [1.165, 1.54) is 24.1 Å². The Morgan fingerprint density at radius 2 is 2.03 bits per heavy atom. The maximum absolute atomic E-state index is 13.2. The number of H-pyrrole nitrogens is 1. The number of nitrogens with zero attached hydrogens (tertiary/aromatic N) is 2. The Balaban J connectivity index is 1.88. The zero-order chi connectivity index (χ0) is 21.6. The molecular weight excluding hydrogens is 377 g/mol. The van der Waals surface area contributed by atoms with Crippen LogP contribution < -0.4 is 5.56 Å². The minimum absolute atomic E-state index is 0.000513. The third-order valence-electron chi connectivity index (χ3n) is 4.59. The van der Waals surface area contributed by atoms with E-state index >= 15 is 0 Å². The van der Waals surface area contributed by atoms with Crippen LogP contribution in [-0.4, -0.2) is 35.4 Å². The molecule has 0 unspecified atom stereocenters. The van der Waals surface area contributed by atoms with E-state index in [0.717, 1.165) is 0 Å². The number of nitrogens with one attached hydrogen (secondary N) is 1. The van der Waals surface area contributed by atoms with E-state index in [2.05, 4.69) is 4.98 Å². The number of likely N-dealkylation sites (N-methyl/N-ethyl adjacent to an activating group) is 1. The van der Waals surface area contributed by atoms with Crippen molar-refractivity contribution in [3.63, 3.8) is 0 Å². The summed E-state index contributed by atoms with van der Waals surface area (Å²) in [5.74, 6) is -1.37. The highest BCUT2D eigenvalue weighted by atomic mass is 19.1. The summed E-state index contributed by atoms with van der Waals surface area (Å²) >= 11 is 0. The second kappa shape index (κ2) is 9.64. The van der Waals surface area contributed by atoms with Gasteiger partial charge in [-0.3, -0.25) is 14.4 Å². The second-order valence-electron chi connectivity index (χ2n) is 6.71. The van der Waals surface area contributed by atoms with Crippen LogP contribution in [0.15, 0.2) is 29.1 Å². The molecule has 152 valence electrons. The lowest BCUT2D eigenvalue weighted by atomic mass is 9.99. The first-order valence-corrected chi connectivity index (χ1v) is 8.99. The molecule has 0 spiro atoms. The van der Waals surface area contributed by atoms with Gasteiger partial charge < -0.3 is 14.6 Å². The molecule has 0 atom stereocenters. The molecule has 0 bridgehead atoms. The molecule has 7 nitrogen and oxygen atoms in total. The summed E-state index contributed by atoms with van der Waals surface area (Å²) in [7, 11) is 1.54. The highest BCUT2D eigenvalue weighted by Gasteiger charge is 2.16. The maximum Gasteiger partial charge on any atom is 0.306 e. The molecule has 1 heterocycles.